The topological polar surface area (TPSA) is 44.1 Å². The van der Waals surface area contributed by atoms with Crippen molar-refractivity contribution in [1.82, 2.24) is 9.55 Å². The van der Waals surface area contributed by atoms with Crippen LogP contribution >= 0.6 is 23.1 Å². The third-order valence-corrected chi connectivity index (χ3v) is 6.61. The predicted molar refractivity (Wildman–Crippen MR) is 109 cm³/mol. The monoisotopic (exact) mass is 386 g/mol. The standard InChI is InChI=1S/C20H22N2O2S2/c1-5-25-19-21-16-17(23)14-10-20(3,4)24-11-15(14)26-18(16)22(19)13-8-6-12(2)7-9-13/h6-9H,5,10-11H2,1-4H3. The van der Waals surface area contributed by atoms with Crippen LogP contribution in [0.4, 0.5) is 0 Å². The summed E-state index contributed by atoms with van der Waals surface area (Å²) in [5, 5.41) is 0.877. The van der Waals surface area contributed by atoms with E-state index in [0.29, 0.717) is 18.5 Å². The number of fused-ring (bicyclic) bond motifs is 2. The molecule has 3 aromatic rings. The molecule has 4 nitrogen and oxygen atoms in total. The zero-order chi connectivity index (χ0) is 18.5. The molecule has 0 radical (unpaired) electrons. The van der Waals surface area contributed by atoms with Gasteiger partial charge in [0.25, 0.3) is 0 Å². The lowest BCUT2D eigenvalue weighted by molar-refractivity contribution is -0.0386. The molecule has 26 heavy (non-hydrogen) atoms. The van der Waals surface area contributed by atoms with Crippen molar-refractivity contribution in [3.63, 3.8) is 0 Å². The number of thioether (sulfide) groups is 1. The van der Waals surface area contributed by atoms with Crippen molar-refractivity contribution in [2.45, 2.75) is 51.5 Å². The molecule has 1 aromatic carbocycles. The molecule has 0 saturated carbocycles. The third-order valence-electron chi connectivity index (χ3n) is 4.61. The van der Waals surface area contributed by atoms with Crippen LogP contribution in [0.15, 0.2) is 34.2 Å². The van der Waals surface area contributed by atoms with Crippen LogP contribution in [0.1, 0.15) is 36.8 Å². The van der Waals surface area contributed by atoms with Crippen LogP contribution in [0.3, 0.4) is 0 Å². The molecule has 0 N–H and O–H groups in total. The third kappa shape index (κ3) is 3.00. The first-order chi connectivity index (χ1) is 12.4. The summed E-state index contributed by atoms with van der Waals surface area (Å²) in [7, 11) is 0. The number of benzene rings is 1. The fourth-order valence-corrected chi connectivity index (χ4v) is 5.21. The Labute approximate surface area is 161 Å². The highest BCUT2D eigenvalue weighted by Crippen LogP contribution is 2.35. The summed E-state index contributed by atoms with van der Waals surface area (Å²) in [6.45, 7) is 8.74. The van der Waals surface area contributed by atoms with Crippen LogP contribution in [-0.2, 0) is 17.8 Å². The maximum atomic E-state index is 13.2. The Morgan fingerprint density at radius 2 is 2.04 bits per heavy atom. The maximum absolute atomic E-state index is 13.2. The van der Waals surface area contributed by atoms with Gasteiger partial charge in [0.2, 0.25) is 5.43 Å². The minimum absolute atomic E-state index is 0.0638. The minimum Gasteiger partial charge on any atom is -0.370 e. The summed E-state index contributed by atoms with van der Waals surface area (Å²) in [5.74, 6) is 0.907. The molecule has 0 fully saturated rings. The number of nitrogens with zero attached hydrogens (tertiary/aromatic N) is 2. The second-order valence-corrected chi connectivity index (χ2v) is 9.52. The Balaban J connectivity index is 1.99. The maximum Gasteiger partial charge on any atom is 0.211 e. The Kier molecular flexibility index (Phi) is 4.45. The smallest absolute Gasteiger partial charge is 0.211 e. The quantitative estimate of drug-likeness (QED) is 0.611. The average molecular weight is 387 g/mol. The van der Waals surface area contributed by atoms with Gasteiger partial charge < -0.3 is 4.74 Å². The Hall–Kier alpha value is -1.63. The Bertz CT molecular complexity index is 1030. The minimum atomic E-state index is -0.299. The number of aryl methyl sites for hydroxylation is 1. The van der Waals surface area contributed by atoms with E-state index < -0.39 is 0 Å². The number of imidazole rings is 1. The highest BCUT2D eigenvalue weighted by molar-refractivity contribution is 7.99. The number of aromatic nitrogens is 2. The molecule has 3 heterocycles. The molecule has 0 unspecified atom stereocenters. The van der Waals surface area contributed by atoms with Crippen molar-refractivity contribution in [3.8, 4) is 5.69 Å². The summed E-state index contributed by atoms with van der Waals surface area (Å²) < 4.78 is 8.07. The molecule has 4 rings (SSSR count). The van der Waals surface area contributed by atoms with Crippen molar-refractivity contribution < 1.29 is 4.74 Å². The van der Waals surface area contributed by atoms with Gasteiger partial charge in [-0.15, -0.1) is 11.3 Å². The molecule has 0 amide bonds. The van der Waals surface area contributed by atoms with Gasteiger partial charge in [-0.2, -0.15) is 0 Å². The SMILES string of the molecule is CCSc1nc2c(=O)c3c(sc2n1-c1ccc(C)cc1)COC(C)(C)C3. The second-order valence-electron chi connectivity index (χ2n) is 7.21. The zero-order valence-electron chi connectivity index (χ0n) is 15.5. The highest BCUT2D eigenvalue weighted by atomic mass is 32.2. The van der Waals surface area contributed by atoms with Gasteiger partial charge in [-0.1, -0.05) is 36.4 Å². The number of hydrogen-bond acceptors (Lipinski definition) is 5. The van der Waals surface area contributed by atoms with Crippen LogP contribution in [0, 0.1) is 6.92 Å². The number of ether oxygens (including phenoxy) is 1. The summed E-state index contributed by atoms with van der Waals surface area (Å²) in [6, 6.07) is 8.36. The lowest BCUT2D eigenvalue weighted by Crippen LogP contribution is -2.34. The van der Waals surface area contributed by atoms with Gasteiger partial charge in [0.05, 0.1) is 12.2 Å². The van der Waals surface area contributed by atoms with Crippen LogP contribution in [-0.4, -0.2) is 20.9 Å². The molecule has 0 bridgehead atoms. The van der Waals surface area contributed by atoms with E-state index >= 15 is 0 Å². The van der Waals surface area contributed by atoms with Crippen LogP contribution < -0.4 is 5.43 Å². The number of rotatable bonds is 3. The second kappa shape index (κ2) is 6.51. The van der Waals surface area contributed by atoms with Crippen LogP contribution in [0.25, 0.3) is 16.0 Å². The summed E-state index contributed by atoms with van der Waals surface area (Å²) in [6.07, 6.45) is 0.640. The molecule has 0 saturated heterocycles. The molecule has 1 aliphatic heterocycles. The summed E-state index contributed by atoms with van der Waals surface area (Å²) >= 11 is 3.30. The van der Waals surface area contributed by atoms with E-state index in [4.69, 9.17) is 9.72 Å². The highest BCUT2D eigenvalue weighted by Gasteiger charge is 2.30. The molecular formula is C20H22N2O2S2. The van der Waals surface area contributed by atoms with Crippen molar-refractivity contribution in [3.05, 3.63) is 50.5 Å². The Morgan fingerprint density at radius 1 is 1.31 bits per heavy atom. The Morgan fingerprint density at radius 3 is 2.73 bits per heavy atom. The van der Waals surface area contributed by atoms with E-state index in [2.05, 4.69) is 42.7 Å². The molecule has 6 heteroatoms. The molecule has 0 spiro atoms. The van der Waals surface area contributed by atoms with Crippen molar-refractivity contribution in [2.24, 2.45) is 0 Å². The summed E-state index contributed by atoms with van der Waals surface area (Å²) in [4.78, 5) is 19.9. The normalized spacial score (nSPS) is 16.0. The molecule has 1 aliphatic rings. The van der Waals surface area contributed by atoms with Crippen molar-refractivity contribution in [1.29, 1.82) is 0 Å². The molecule has 0 aliphatic carbocycles. The van der Waals surface area contributed by atoms with Gasteiger partial charge >= 0.3 is 0 Å². The van der Waals surface area contributed by atoms with Crippen molar-refractivity contribution in [2.75, 3.05) is 5.75 Å². The van der Waals surface area contributed by atoms with Gasteiger partial charge in [0.1, 0.15) is 10.3 Å². The average Bonchev–Trinajstić information content (AvgIpc) is 2.95. The first-order valence-electron chi connectivity index (χ1n) is 8.81. The van der Waals surface area contributed by atoms with Gasteiger partial charge in [-0.3, -0.25) is 9.36 Å². The van der Waals surface area contributed by atoms with Gasteiger partial charge in [0.15, 0.2) is 5.16 Å². The molecule has 136 valence electrons. The van der Waals surface area contributed by atoms with E-state index in [-0.39, 0.29) is 11.0 Å². The van der Waals surface area contributed by atoms with E-state index in [1.807, 2.05) is 13.8 Å². The van der Waals surface area contributed by atoms with E-state index in [9.17, 15) is 4.79 Å². The van der Waals surface area contributed by atoms with Crippen molar-refractivity contribution >= 4 is 33.4 Å². The largest absolute Gasteiger partial charge is 0.370 e. The summed E-state index contributed by atoms with van der Waals surface area (Å²) in [5.41, 5.74) is 3.48. The lowest BCUT2D eigenvalue weighted by Gasteiger charge is -2.30. The van der Waals surface area contributed by atoms with Crippen LogP contribution in [0.5, 0.6) is 0 Å². The molecule has 0 atom stereocenters. The fourth-order valence-electron chi connectivity index (χ4n) is 3.26. The van der Waals surface area contributed by atoms with Gasteiger partial charge in [-0.25, -0.2) is 4.98 Å². The van der Waals surface area contributed by atoms with E-state index in [0.717, 1.165) is 31.9 Å². The molecule has 2 aromatic heterocycles. The number of hydrogen-bond donors (Lipinski definition) is 0. The van der Waals surface area contributed by atoms with Gasteiger partial charge in [0, 0.05) is 22.5 Å². The van der Waals surface area contributed by atoms with Gasteiger partial charge in [-0.05, 0) is 38.7 Å². The lowest BCUT2D eigenvalue weighted by atomic mass is 9.95. The first kappa shape index (κ1) is 17.8. The first-order valence-corrected chi connectivity index (χ1v) is 10.6. The van der Waals surface area contributed by atoms with E-state index in [1.165, 1.54) is 5.56 Å². The molecular weight excluding hydrogens is 364 g/mol. The van der Waals surface area contributed by atoms with Crippen LogP contribution in [0.2, 0.25) is 0 Å². The van der Waals surface area contributed by atoms with E-state index in [1.54, 1.807) is 23.1 Å². The zero-order valence-corrected chi connectivity index (χ0v) is 17.1. The fraction of sp³-hybridized carbons (Fsp3) is 0.400. The predicted octanol–water partition coefficient (Wildman–Crippen LogP) is 4.72.